The van der Waals surface area contributed by atoms with Crippen LogP contribution in [0, 0.1) is 5.92 Å². The normalized spacial score (nSPS) is 27.4. The van der Waals surface area contributed by atoms with Crippen molar-refractivity contribution in [1.82, 2.24) is 4.90 Å². The average molecular weight is 255 g/mol. The van der Waals surface area contributed by atoms with Gasteiger partial charge in [0.05, 0.1) is 0 Å². The van der Waals surface area contributed by atoms with Crippen LogP contribution in [0.3, 0.4) is 0 Å². The molecule has 0 spiro atoms. The summed E-state index contributed by atoms with van der Waals surface area (Å²) in [7, 11) is 0. The zero-order valence-electron chi connectivity index (χ0n) is 10.2. The fourth-order valence-electron chi connectivity index (χ4n) is 2.59. The fourth-order valence-corrected chi connectivity index (χ4v) is 2.59. The molecule has 0 aliphatic carbocycles. The quantitative estimate of drug-likeness (QED) is 0.804. The number of hydrogen-bond acceptors (Lipinski definition) is 3. The van der Waals surface area contributed by atoms with Crippen molar-refractivity contribution in [2.75, 3.05) is 13.2 Å². The second kappa shape index (κ2) is 5.12. The van der Waals surface area contributed by atoms with Gasteiger partial charge in [0.25, 0.3) is 0 Å². The van der Waals surface area contributed by atoms with Crippen LogP contribution in [0.25, 0.3) is 0 Å². The smallest absolute Gasteiger partial charge is 0.396 e. The summed E-state index contributed by atoms with van der Waals surface area (Å²) in [6, 6.07) is 0. The molecule has 0 bridgehead atoms. The van der Waals surface area contributed by atoms with E-state index >= 15 is 0 Å². The number of hydrogen-bond donors (Lipinski definition) is 2. The van der Waals surface area contributed by atoms with Gasteiger partial charge in [-0.1, -0.05) is 0 Å². The van der Waals surface area contributed by atoms with E-state index in [2.05, 4.69) is 0 Å². The van der Waals surface area contributed by atoms with Crippen molar-refractivity contribution in [3.05, 3.63) is 0 Å². The van der Waals surface area contributed by atoms with Gasteiger partial charge in [0.1, 0.15) is 0 Å². The van der Waals surface area contributed by atoms with E-state index in [0.29, 0.717) is 19.3 Å². The van der Waals surface area contributed by atoms with Gasteiger partial charge in [0, 0.05) is 18.7 Å². The van der Waals surface area contributed by atoms with Gasteiger partial charge in [-0.3, -0.25) is 4.90 Å². The predicted molar refractivity (Wildman–Crippen MR) is 57.3 cm³/mol. The number of nitrogens with zero attached hydrogens (tertiary/aromatic N) is 1. The van der Waals surface area contributed by atoms with E-state index in [9.17, 15) is 18.3 Å². The Balaban J connectivity index is 2.67. The summed E-state index contributed by atoms with van der Waals surface area (Å²) >= 11 is 0. The van der Waals surface area contributed by atoms with Gasteiger partial charge in [-0.25, -0.2) is 0 Å². The van der Waals surface area contributed by atoms with Crippen molar-refractivity contribution in [3.63, 3.8) is 0 Å². The van der Waals surface area contributed by atoms with Gasteiger partial charge < -0.3 is 10.2 Å². The number of halogens is 3. The minimum Gasteiger partial charge on any atom is -0.396 e. The van der Waals surface area contributed by atoms with Gasteiger partial charge in [-0.05, 0) is 39.0 Å². The van der Waals surface area contributed by atoms with Crippen LogP contribution in [-0.4, -0.2) is 46.2 Å². The highest BCUT2D eigenvalue weighted by Gasteiger charge is 2.50. The zero-order chi connectivity index (χ0) is 13.3. The molecular weight excluding hydrogens is 235 g/mol. The summed E-state index contributed by atoms with van der Waals surface area (Å²) in [6.45, 7) is 3.70. The average Bonchev–Trinajstić information content (AvgIpc) is 2.48. The molecule has 0 saturated carbocycles. The van der Waals surface area contributed by atoms with Crippen LogP contribution in [0.1, 0.15) is 33.1 Å². The Morgan fingerprint density at radius 1 is 1.41 bits per heavy atom. The summed E-state index contributed by atoms with van der Waals surface area (Å²) in [5.74, 6) is 0.106. The van der Waals surface area contributed by atoms with Gasteiger partial charge in [-0.15, -0.1) is 0 Å². The van der Waals surface area contributed by atoms with Crippen LogP contribution in [0.4, 0.5) is 13.2 Å². The Morgan fingerprint density at radius 2 is 2.00 bits per heavy atom. The van der Waals surface area contributed by atoms with E-state index in [0.717, 1.165) is 4.90 Å². The van der Waals surface area contributed by atoms with Crippen LogP contribution < -0.4 is 0 Å². The first-order chi connectivity index (χ1) is 7.68. The summed E-state index contributed by atoms with van der Waals surface area (Å²) < 4.78 is 37.5. The Kier molecular flexibility index (Phi) is 4.43. The molecule has 0 aromatic carbocycles. The van der Waals surface area contributed by atoms with E-state index in [1.54, 1.807) is 13.8 Å². The van der Waals surface area contributed by atoms with Crippen molar-refractivity contribution in [3.8, 4) is 0 Å². The molecule has 0 aromatic rings. The fraction of sp³-hybridized carbons (Fsp3) is 1.00. The van der Waals surface area contributed by atoms with Gasteiger partial charge in [-0.2, -0.15) is 13.2 Å². The number of aliphatic hydroxyl groups is 2. The Labute approximate surface area is 99.2 Å². The second-order valence-electron chi connectivity index (χ2n) is 5.32. The Morgan fingerprint density at radius 3 is 2.47 bits per heavy atom. The molecule has 0 aromatic heterocycles. The maximum absolute atomic E-state index is 12.5. The molecule has 6 heteroatoms. The molecule has 2 atom stereocenters. The van der Waals surface area contributed by atoms with Crippen molar-refractivity contribution < 1.29 is 23.4 Å². The van der Waals surface area contributed by atoms with Crippen molar-refractivity contribution >= 4 is 0 Å². The first-order valence-electron chi connectivity index (χ1n) is 5.81. The standard InChI is InChI=1S/C11H20F3NO2/c1-10(2)6-8(4-3-5-16)7-15(10)9(17)11(12,13)14/h8-9,16-17H,3-7H2,1-2H3/t8-,9?/m0/s1. The van der Waals surface area contributed by atoms with Gasteiger partial charge >= 0.3 is 6.18 Å². The minimum atomic E-state index is -4.61. The highest BCUT2D eigenvalue weighted by Crippen LogP contribution is 2.39. The van der Waals surface area contributed by atoms with Gasteiger partial charge in [0.2, 0.25) is 6.23 Å². The maximum atomic E-state index is 12.5. The molecule has 1 aliphatic heterocycles. The first kappa shape index (κ1) is 14.7. The van der Waals surface area contributed by atoms with E-state index in [1.165, 1.54) is 0 Å². The number of aliphatic hydroxyl groups excluding tert-OH is 2. The lowest BCUT2D eigenvalue weighted by molar-refractivity contribution is -0.259. The highest BCUT2D eigenvalue weighted by molar-refractivity contribution is 4.95. The SMILES string of the molecule is CC1(C)C[C@H](CCCO)CN1C(O)C(F)(F)F. The lowest BCUT2D eigenvalue weighted by atomic mass is 9.93. The summed E-state index contributed by atoms with van der Waals surface area (Å²) in [6.07, 6.45) is -5.10. The number of likely N-dealkylation sites (tertiary alicyclic amines) is 1. The lowest BCUT2D eigenvalue weighted by Gasteiger charge is -2.36. The molecule has 1 unspecified atom stereocenters. The molecule has 102 valence electrons. The summed E-state index contributed by atoms with van der Waals surface area (Å²) in [4.78, 5) is 1.11. The first-order valence-corrected chi connectivity index (χ1v) is 5.81. The van der Waals surface area contributed by atoms with Gasteiger partial charge in [0.15, 0.2) is 0 Å². The number of alkyl halides is 3. The topological polar surface area (TPSA) is 43.7 Å². The van der Waals surface area contributed by atoms with E-state index in [-0.39, 0.29) is 19.1 Å². The third kappa shape index (κ3) is 3.56. The molecule has 1 aliphatic rings. The third-order valence-electron chi connectivity index (χ3n) is 3.38. The lowest BCUT2D eigenvalue weighted by Crippen LogP contribution is -2.52. The highest BCUT2D eigenvalue weighted by atomic mass is 19.4. The predicted octanol–water partition coefficient (Wildman–Crippen LogP) is 1.74. The van der Waals surface area contributed by atoms with Crippen molar-refractivity contribution in [2.45, 2.75) is 51.1 Å². The summed E-state index contributed by atoms with van der Waals surface area (Å²) in [5, 5.41) is 18.0. The maximum Gasteiger partial charge on any atom is 0.428 e. The zero-order valence-corrected chi connectivity index (χ0v) is 10.2. The molecule has 3 nitrogen and oxygen atoms in total. The van der Waals surface area contributed by atoms with E-state index in [1.807, 2.05) is 0 Å². The second-order valence-corrected chi connectivity index (χ2v) is 5.32. The molecular formula is C11H20F3NO2. The molecule has 1 rings (SSSR count). The van der Waals surface area contributed by atoms with E-state index < -0.39 is 17.9 Å². The molecule has 1 saturated heterocycles. The van der Waals surface area contributed by atoms with Crippen LogP contribution in [0.2, 0.25) is 0 Å². The number of rotatable bonds is 4. The van der Waals surface area contributed by atoms with Crippen LogP contribution in [-0.2, 0) is 0 Å². The third-order valence-corrected chi connectivity index (χ3v) is 3.38. The molecule has 1 heterocycles. The van der Waals surface area contributed by atoms with E-state index in [4.69, 9.17) is 5.11 Å². The molecule has 0 amide bonds. The molecule has 2 N–H and O–H groups in total. The largest absolute Gasteiger partial charge is 0.428 e. The molecule has 0 radical (unpaired) electrons. The molecule has 17 heavy (non-hydrogen) atoms. The Bertz CT molecular complexity index is 256. The van der Waals surface area contributed by atoms with Crippen molar-refractivity contribution in [2.24, 2.45) is 5.92 Å². The minimum absolute atomic E-state index is 0.0543. The Hall–Kier alpha value is -0.330. The van der Waals surface area contributed by atoms with Crippen LogP contribution >= 0.6 is 0 Å². The monoisotopic (exact) mass is 255 g/mol. The van der Waals surface area contributed by atoms with Crippen LogP contribution in [0.5, 0.6) is 0 Å². The van der Waals surface area contributed by atoms with Crippen LogP contribution in [0.15, 0.2) is 0 Å². The molecule has 1 fully saturated rings. The summed E-state index contributed by atoms with van der Waals surface area (Å²) in [5.41, 5.74) is -0.658. The van der Waals surface area contributed by atoms with Crippen molar-refractivity contribution in [1.29, 1.82) is 0 Å².